The first-order valence-electron chi connectivity index (χ1n) is 8.13. The van der Waals surface area contributed by atoms with Crippen molar-refractivity contribution in [3.05, 3.63) is 64.0 Å². The summed E-state index contributed by atoms with van der Waals surface area (Å²) in [5.41, 5.74) is 0.594. The van der Waals surface area contributed by atoms with Crippen LogP contribution < -0.4 is 15.7 Å². The van der Waals surface area contributed by atoms with Gasteiger partial charge in [-0.1, -0.05) is 11.6 Å². The number of nitrogens with one attached hydrogen (secondary N) is 1. The Kier molecular flexibility index (Phi) is 4.44. The summed E-state index contributed by atoms with van der Waals surface area (Å²) in [6, 6.07) is 8.78. The van der Waals surface area contributed by atoms with Crippen LogP contribution >= 0.6 is 11.6 Å². The molecule has 0 unspecified atom stereocenters. The van der Waals surface area contributed by atoms with Gasteiger partial charge in [-0.3, -0.25) is 4.79 Å². The normalized spacial score (nSPS) is 11.1. The maximum absolute atomic E-state index is 13.6. The lowest BCUT2D eigenvalue weighted by atomic mass is 10.2. The van der Waals surface area contributed by atoms with E-state index in [-0.39, 0.29) is 12.2 Å². The van der Waals surface area contributed by atoms with Crippen molar-refractivity contribution in [3.63, 3.8) is 0 Å². The van der Waals surface area contributed by atoms with E-state index in [0.717, 1.165) is 4.68 Å². The predicted octanol–water partition coefficient (Wildman–Crippen LogP) is 2.48. The zero-order valence-corrected chi connectivity index (χ0v) is 15.3. The maximum atomic E-state index is 13.6. The van der Waals surface area contributed by atoms with Crippen LogP contribution in [-0.2, 0) is 11.3 Å². The fourth-order valence-corrected chi connectivity index (χ4v) is 3.07. The van der Waals surface area contributed by atoms with E-state index in [2.05, 4.69) is 15.4 Å². The van der Waals surface area contributed by atoms with E-state index in [0.29, 0.717) is 27.4 Å². The molecular formula is C18H13ClFN5O3. The molecule has 142 valence electrons. The lowest BCUT2D eigenvalue weighted by Crippen LogP contribution is -2.28. The molecule has 0 fully saturated rings. The van der Waals surface area contributed by atoms with Crippen LogP contribution in [0.3, 0.4) is 0 Å². The van der Waals surface area contributed by atoms with E-state index >= 15 is 0 Å². The number of amides is 1. The summed E-state index contributed by atoms with van der Waals surface area (Å²) in [6.45, 7) is -0.332. The second-order valence-electron chi connectivity index (χ2n) is 5.94. The number of carbonyl (C=O) groups is 1. The van der Waals surface area contributed by atoms with Gasteiger partial charge in [0.15, 0.2) is 5.65 Å². The molecule has 2 aromatic heterocycles. The van der Waals surface area contributed by atoms with Gasteiger partial charge in [-0.25, -0.2) is 23.3 Å². The third-order valence-electron chi connectivity index (χ3n) is 4.11. The fourth-order valence-electron chi connectivity index (χ4n) is 2.81. The highest BCUT2D eigenvalue weighted by Gasteiger charge is 2.14. The van der Waals surface area contributed by atoms with Gasteiger partial charge in [-0.15, -0.1) is 5.10 Å². The summed E-state index contributed by atoms with van der Waals surface area (Å²) in [6.07, 6.45) is 1.29. The first-order valence-corrected chi connectivity index (χ1v) is 8.51. The van der Waals surface area contributed by atoms with Gasteiger partial charge < -0.3 is 10.1 Å². The Morgan fingerprint density at radius 1 is 1.29 bits per heavy atom. The van der Waals surface area contributed by atoms with Crippen molar-refractivity contribution in [1.82, 2.24) is 19.2 Å². The molecule has 0 aliphatic rings. The number of methoxy groups -OCH3 is 1. The van der Waals surface area contributed by atoms with Crippen LogP contribution in [-0.4, -0.2) is 32.2 Å². The van der Waals surface area contributed by atoms with Crippen molar-refractivity contribution in [3.8, 4) is 5.75 Å². The SMILES string of the molecule is COc1ccc(NC(=O)Cn2nc3c4cc(F)ccc4ncn3c2=O)cc1Cl. The quantitative estimate of drug-likeness (QED) is 0.567. The van der Waals surface area contributed by atoms with Crippen LogP contribution in [0.15, 0.2) is 47.5 Å². The number of hydrogen-bond acceptors (Lipinski definition) is 5. The van der Waals surface area contributed by atoms with E-state index in [4.69, 9.17) is 16.3 Å². The van der Waals surface area contributed by atoms with Gasteiger partial charge in [0.1, 0.15) is 24.4 Å². The molecule has 0 atom stereocenters. The largest absolute Gasteiger partial charge is 0.495 e. The molecule has 0 aliphatic carbocycles. The number of hydrogen-bond donors (Lipinski definition) is 1. The highest BCUT2D eigenvalue weighted by molar-refractivity contribution is 6.32. The highest BCUT2D eigenvalue weighted by atomic mass is 35.5. The Hall–Kier alpha value is -3.46. The Balaban J connectivity index is 1.64. The van der Waals surface area contributed by atoms with E-state index in [1.807, 2.05) is 0 Å². The molecule has 8 nitrogen and oxygen atoms in total. The minimum Gasteiger partial charge on any atom is -0.495 e. The second kappa shape index (κ2) is 6.93. The third kappa shape index (κ3) is 3.16. The summed E-state index contributed by atoms with van der Waals surface area (Å²) in [5, 5.41) is 7.51. The number of anilines is 1. The second-order valence-corrected chi connectivity index (χ2v) is 6.34. The van der Waals surface area contributed by atoms with E-state index < -0.39 is 17.4 Å². The molecule has 0 aliphatic heterocycles. The monoisotopic (exact) mass is 401 g/mol. The van der Waals surface area contributed by atoms with Gasteiger partial charge in [0, 0.05) is 11.1 Å². The smallest absolute Gasteiger partial charge is 0.352 e. The number of halogens is 2. The van der Waals surface area contributed by atoms with E-state index in [1.54, 1.807) is 12.1 Å². The van der Waals surface area contributed by atoms with E-state index in [9.17, 15) is 14.0 Å². The van der Waals surface area contributed by atoms with Crippen molar-refractivity contribution in [2.75, 3.05) is 12.4 Å². The zero-order valence-electron chi connectivity index (χ0n) is 14.5. The van der Waals surface area contributed by atoms with Crippen LogP contribution in [0.5, 0.6) is 5.75 Å². The van der Waals surface area contributed by atoms with Crippen LogP contribution in [0.2, 0.25) is 5.02 Å². The topological polar surface area (TPSA) is 90.5 Å². The Labute approximate surface area is 162 Å². The van der Waals surface area contributed by atoms with Crippen LogP contribution in [0.25, 0.3) is 16.6 Å². The summed E-state index contributed by atoms with van der Waals surface area (Å²) in [4.78, 5) is 28.9. The number of aromatic nitrogens is 4. The number of ether oxygens (including phenoxy) is 1. The lowest BCUT2D eigenvalue weighted by molar-refractivity contribution is -0.117. The molecule has 4 rings (SSSR count). The van der Waals surface area contributed by atoms with Crippen molar-refractivity contribution in [2.24, 2.45) is 0 Å². The van der Waals surface area contributed by atoms with Crippen molar-refractivity contribution < 1.29 is 13.9 Å². The summed E-state index contributed by atoms with van der Waals surface area (Å²) in [7, 11) is 1.49. The van der Waals surface area contributed by atoms with Crippen molar-refractivity contribution >= 4 is 39.7 Å². The Morgan fingerprint density at radius 3 is 2.86 bits per heavy atom. The summed E-state index contributed by atoms with van der Waals surface area (Å²) >= 11 is 6.04. The van der Waals surface area contributed by atoms with Crippen molar-refractivity contribution in [2.45, 2.75) is 6.54 Å². The van der Waals surface area contributed by atoms with Gasteiger partial charge >= 0.3 is 5.69 Å². The number of carbonyl (C=O) groups excluding carboxylic acids is 1. The van der Waals surface area contributed by atoms with Crippen LogP contribution in [0, 0.1) is 5.82 Å². The third-order valence-corrected chi connectivity index (χ3v) is 4.41. The van der Waals surface area contributed by atoms with Gasteiger partial charge in [0.05, 0.1) is 17.6 Å². The van der Waals surface area contributed by atoms with E-state index in [1.165, 1.54) is 42.1 Å². The highest BCUT2D eigenvalue weighted by Crippen LogP contribution is 2.27. The number of nitrogens with zero attached hydrogens (tertiary/aromatic N) is 4. The number of rotatable bonds is 4. The molecule has 2 aromatic carbocycles. The Morgan fingerprint density at radius 2 is 2.11 bits per heavy atom. The van der Waals surface area contributed by atoms with Crippen molar-refractivity contribution in [1.29, 1.82) is 0 Å². The molecular weight excluding hydrogens is 389 g/mol. The molecule has 0 bridgehead atoms. The molecule has 1 amide bonds. The molecule has 2 heterocycles. The minimum absolute atomic E-state index is 0.217. The first-order chi connectivity index (χ1) is 13.5. The molecule has 0 saturated carbocycles. The molecule has 28 heavy (non-hydrogen) atoms. The van der Waals surface area contributed by atoms with Gasteiger partial charge in [-0.05, 0) is 36.4 Å². The number of benzene rings is 2. The number of fused-ring (bicyclic) bond motifs is 3. The maximum Gasteiger partial charge on any atom is 0.352 e. The fraction of sp³-hybridized carbons (Fsp3) is 0.111. The molecule has 0 saturated heterocycles. The molecule has 0 spiro atoms. The van der Waals surface area contributed by atoms with Crippen LogP contribution in [0.4, 0.5) is 10.1 Å². The summed E-state index contributed by atoms with van der Waals surface area (Å²) in [5.74, 6) is -0.475. The summed E-state index contributed by atoms with van der Waals surface area (Å²) < 4.78 is 20.8. The first kappa shape index (κ1) is 17.9. The lowest BCUT2D eigenvalue weighted by Gasteiger charge is -2.07. The Bertz CT molecular complexity index is 1280. The van der Waals surface area contributed by atoms with Gasteiger partial charge in [-0.2, -0.15) is 0 Å². The molecule has 10 heteroatoms. The average Bonchev–Trinajstić information content (AvgIpc) is 2.98. The average molecular weight is 402 g/mol. The molecule has 4 aromatic rings. The predicted molar refractivity (Wildman–Crippen MR) is 101 cm³/mol. The van der Waals surface area contributed by atoms with Gasteiger partial charge in [0.25, 0.3) is 0 Å². The minimum atomic E-state index is -0.559. The van der Waals surface area contributed by atoms with Gasteiger partial charge in [0.2, 0.25) is 5.91 Å². The van der Waals surface area contributed by atoms with Crippen LogP contribution in [0.1, 0.15) is 0 Å². The zero-order chi connectivity index (χ0) is 19.8. The standard InChI is InChI=1S/C18H13ClFN5O3/c1-28-15-5-3-11(7-13(15)19)22-16(26)8-25-18(27)24-9-21-14-4-2-10(20)6-12(14)17(24)23-25/h2-7,9H,8H2,1H3,(H,22,26). The molecule has 1 N–H and O–H groups in total. The molecule has 0 radical (unpaired) electrons.